The third-order valence-electron chi connectivity index (χ3n) is 9.08. The van der Waals surface area contributed by atoms with E-state index in [0.29, 0.717) is 35.4 Å². The summed E-state index contributed by atoms with van der Waals surface area (Å²) in [6.45, 7) is 2.05. The molecule has 2 amide bonds. The van der Waals surface area contributed by atoms with Crippen molar-refractivity contribution in [2.75, 3.05) is 4.90 Å². The number of fused-ring (bicyclic) bond motifs is 4. The van der Waals surface area contributed by atoms with Gasteiger partial charge in [-0.05, 0) is 82.6 Å². The van der Waals surface area contributed by atoms with Gasteiger partial charge in [0.25, 0.3) is 0 Å². The molecule has 41 heavy (non-hydrogen) atoms. The van der Waals surface area contributed by atoms with Crippen LogP contribution in [0.2, 0.25) is 0 Å². The van der Waals surface area contributed by atoms with Crippen molar-refractivity contribution in [2.45, 2.75) is 32.6 Å². The first-order chi connectivity index (χ1) is 19.8. The number of anilines is 1. The number of phenols is 1. The number of rotatable bonds is 3. The van der Waals surface area contributed by atoms with Crippen LogP contribution in [0.1, 0.15) is 30.9 Å². The highest BCUT2D eigenvalue weighted by Gasteiger charge is 2.57. The summed E-state index contributed by atoms with van der Waals surface area (Å²) in [6.07, 6.45) is 6.77. The lowest BCUT2D eigenvalue weighted by molar-refractivity contribution is -0.123. The molecule has 8 heteroatoms. The summed E-state index contributed by atoms with van der Waals surface area (Å²) in [5.74, 6) is -2.48. The molecular weight excluding hydrogens is 586 g/mol. The monoisotopic (exact) mass is 611 g/mol. The molecule has 0 unspecified atom stereocenters. The van der Waals surface area contributed by atoms with Gasteiger partial charge in [-0.3, -0.25) is 24.1 Å². The Morgan fingerprint density at radius 3 is 2.56 bits per heavy atom. The Bertz CT molecular complexity index is 1690. The van der Waals surface area contributed by atoms with Crippen LogP contribution in [0.15, 0.2) is 87.7 Å². The number of aromatic hydroxyl groups is 1. The molecule has 7 nitrogen and oxygen atoms in total. The smallest absolute Gasteiger partial charge is 0.238 e. The van der Waals surface area contributed by atoms with Gasteiger partial charge in [0.05, 0.1) is 28.3 Å². The van der Waals surface area contributed by atoms with E-state index >= 15 is 0 Å². The van der Waals surface area contributed by atoms with Gasteiger partial charge in [0.1, 0.15) is 11.5 Å². The van der Waals surface area contributed by atoms with Crippen molar-refractivity contribution >= 4 is 45.0 Å². The topological polar surface area (TPSA) is 101 Å². The largest absolute Gasteiger partial charge is 0.508 e. The standard InChI is InChI=1S/C33H26BrNO6/c1-2-16-3-5-19(6-4-16)35-32(39)22-9-8-21-23(29(22)33(35)40)13-24-30(26(37)14-25(34)31(24)38)28(21)18-11-17-12-20(36)7-10-27(17)41-15-18/h3-8,10,12,14-15,22-23,28-29,36H,2,9,11,13H2,1H3/t22-,23+,28-,29-/m0/s1. The zero-order valence-corrected chi connectivity index (χ0v) is 23.8. The normalized spacial score (nSPS) is 26.9. The number of carbonyl (C=O) groups excluding carboxylic acids is 4. The molecule has 2 aromatic carbocycles. The van der Waals surface area contributed by atoms with Crippen LogP contribution in [0.4, 0.5) is 5.69 Å². The summed E-state index contributed by atoms with van der Waals surface area (Å²) in [6, 6.07) is 12.4. The second-order valence-electron chi connectivity index (χ2n) is 11.2. The minimum atomic E-state index is -0.640. The second-order valence-corrected chi connectivity index (χ2v) is 12.1. The van der Waals surface area contributed by atoms with Crippen LogP contribution in [0.5, 0.6) is 11.5 Å². The van der Waals surface area contributed by atoms with Crippen molar-refractivity contribution in [3.8, 4) is 11.5 Å². The predicted molar refractivity (Wildman–Crippen MR) is 154 cm³/mol. The number of benzene rings is 2. The molecule has 0 bridgehead atoms. The van der Waals surface area contributed by atoms with Gasteiger partial charge in [-0.15, -0.1) is 0 Å². The molecule has 0 aromatic heterocycles. The quantitative estimate of drug-likeness (QED) is 0.288. The zero-order chi connectivity index (χ0) is 28.6. The molecular formula is C33H26BrNO6. The number of amides is 2. The summed E-state index contributed by atoms with van der Waals surface area (Å²) >= 11 is 3.26. The van der Waals surface area contributed by atoms with Gasteiger partial charge < -0.3 is 9.84 Å². The fourth-order valence-corrected chi connectivity index (χ4v) is 7.60. The number of ketones is 2. The number of hydrogen-bond acceptors (Lipinski definition) is 6. The second kappa shape index (κ2) is 9.52. The first kappa shape index (κ1) is 25.9. The van der Waals surface area contributed by atoms with Crippen LogP contribution in [-0.4, -0.2) is 28.5 Å². The van der Waals surface area contributed by atoms with E-state index in [0.717, 1.165) is 28.7 Å². The molecule has 0 radical (unpaired) electrons. The maximum atomic E-state index is 14.0. The Morgan fingerprint density at radius 1 is 1.02 bits per heavy atom. The Hall–Kier alpha value is -4.04. The molecule has 4 atom stereocenters. The van der Waals surface area contributed by atoms with Crippen LogP contribution in [0, 0.1) is 23.7 Å². The summed E-state index contributed by atoms with van der Waals surface area (Å²) < 4.78 is 6.12. The highest BCUT2D eigenvalue weighted by Crippen LogP contribution is 2.55. The Morgan fingerprint density at radius 2 is 1.80 bits per heavy atom. The number of imide groups is 1. The average molecular weight is 612 g/mol. The fourth-order valence-electron chi connectivity index (χ4n) is 7.15. The van der Waals surface area contributed by atoms with Crippen molar-refractivity contribution in [1.82, 2.24) is 0 Å². The molecule has 7 rings (SSSR count). The number of allylic oxidation sites excluding steroid dienone is 7. The van der Waals surface area contributed by atoms with Crippen molar-refractivity contribution in [1.29, 1.82) is 0 Å². The van der Waals surface area contributed by atoms with Gasteiger partial charge in [0.15, 0.2) is 11.6 Å². The molecule has 2 heterocycles. The van der Waals surface area contributed by atoms with Crippen molar-refractivity contribution < 1.29 is 29.0 Å². The predicted octanol–water partition coefficient (Wildman–Crippen LogP) is 5.27. The van der Waals surface area contributed by atoms with Gasteiger partial charge in [-0.25, -0.2) is 0 Å². The Kier molecular flexibility index (Phi) is 6.01. The van der Waals surface area contributed by atoms with Gasteiger partial charge in [-0.2, -0.15) is 0 Å². The number of ether oxygens (including phenoxy) is 1. The Balaban J connectivity index is 1.32. The SMILES string of the molecule is CCc1ccc(N2C(=O)[C@H]3[C@H](CC=C4[C@H](C5=COc6ccc(O)cc6C5)C5=C(C[C@H]43)C(=O)C(Br)=CC5=O)C2=O)cc1. The number of Topliss-reactive ketones (excluding diaryl/α,β-unsaturated/α-hetero) is 1. The first-order valence-electron chi connectivity index (χ1n) is 13.8. The van der Waals surface area contributed by atoms with Crippen LogP contribution >= 0.6 is 15.9 Å². The maximum absolute atomic E-state index is 14.0. The highest BCUT2D eigenvalue weighted by atomic mass is 79.9. The van der Waals surface area contributed by atoms with Crippen LogP contribution in [0.3, 0.4) is 0 Å². The summed E-state index contributed by atoms with van der Waals surface area (Å²) in [7, 11) is 0. The van der Waals surface area contributed by atoms with Gasteiger partial charge in [0.2, 0.25) is 11.8 Å². The van der Waals surface area contributed by atoms with E-state index in [2.05, 4.69) is 15.9 Å². The average Bonchev–Trinajstić information content (AvgIpc) is 3.24. The molecule has 1 saturated heterocycles. The van der Waals surface area contributed by atoms with Gasteiger partial charge >= 0.3 is 0 Å². The molecule has 1 fully saturated rings. The van der Waals surface area contributed by atoms with Gasteiger partial charge in [0, 0.05) is 35.1 Å². The van der Waals surface area contributed by atoms with E-state index in [1.165, 1.54) is 11.0 Å². The maximum Gasteiger partial charge on any atom is 0.238 e. The van der Waals surface area contributed by atoms with Crippen molar-refractivity contribution in [3.05, 3.63) is 98.8 Å². The minimum absolute atomic E-state index is 0.104. The first-order valence-corrected chi connectivity index (χ1v) is 14.6. The number of aryl methyl sites for hydroxylation is 1. The molecule has 0 spiro atoms. The number of halogens is 1. The van der Waals surface area contributed by atoms with E-state index in [1.807, 2.05) is 37.3 Å². The van der Waals surface area contributed by atoms with Crippen molar-refractivity contribution in [3.63, 3.8) is 0 Å². The lowest BCUT2D eigenvalue weighted by Gasteiger charge is -2.43. The van der Waals surface area contributed by atoms with E-state index in [-0.39, 0.29) is 40.0 Å². The van der Waals surface area contributed by atoms with E-state index in [9.17, 15) is 24.3 Å². The number of hydrogen-bond donors (Lipinski definition) is 1. The molecule has 3 aliphatic carbocycles. The number of carbonyl (C=O) groups is 4. The number of phenolic OH excluding ortho intramolecular Hbond substituents is 1. The van der Waals surface area contributed by atoms with E-state index in [4.69, 9.17) is 4.74 Å². The molecule has 1 N–H and O–H groups in total. The molecule has 2 aliphatic heterocycles. The summed E-state index contributed by atoms with van der Waals surface area (Å²) in [5.41, 5.74) is 4.85. The molecule has 5 aliphatic rings. The molecule has 2 aromatic rings. The molecule has 0 saturated carbocycles. The zero-order valence-electron chi connectivity index (χ0n) is 22.2. The third kappa shape index (κ3) is 3.91. The van der Waals surface area contributed by atoms with E-state index in [1.54, 1.807) is 24.5 Å². The lowest BCUT2D eigenvalue weighted by Crippen LogP contribution is -2.41. The van der Waals surface area contributed by atoms with E-state index < -0.39 is 23.7 Å². The minimum Gasteiger partial charge on any atom is -0.508 e. The van der Waals surface area contributed by atoms with Crippen LogP contribution in [0.25, 0.3) is 0 Å². The van der Waals surface area contributed by atoms with Crippen LogP contribution in [-0.2, 0) is 32.0 Å². The molecule has 206 valence electrons. The number of nitrogens with zero attached hydrogens (tertiary/aromatic N) is 1. The van der Waals surface area contributed by atoms with Crippen molar-refractivity contribution in [2.24, 2.45) is 23.7 Å². The summed E-state index contributed by atoms with van der Waals surface area (Å²) in [4.78, 5) is 55.9. The lowest BCUT2D eigenvalue weighted by atomic mass is 9.59. The third-order valence-corrected chi connectivity index (χ3v) is 9.67. The summed E-state index contributed by atoms with van der Waals surface area (Å²) in [5, 5.41) is 10.1. The Labute approximate surface area is 245 Å². The van der Waals surface area contributed by atoms with Crippen LogP contribution < -0.4 is 9.64 Å². The fraction of sp³-hybridized carbons (Fsp3) is 0.273. The highest BCUT2D eigenvalue weighted by molar-refractivity contribution is 9.12. The van der Waals surface area contributed by atoms with Gasteiger partial charge in [-0.1, -0.05) is 30.7 Å².